The number of rotatable bonds is 10. The zero-order chi connectivity index (χ0) is 15.9. The van der Waals surface area contributed by atoms with Crippen molar-refractivity contribution in [2.75, 3.05) is 18.6 Å². The first-order valence-corrected chi connectivity index (χ1v) is 10.1. The van der Waals surface area contributed by atoms with Gasteiger partial charge in [-0.15, -0.1) is 0 Å². The maximum atomic E-state index is 12.2. The van der Waals surface area contributed by atoms with Gasteiger partial charge in [-0.2, -0.15) is 11.8 Å². The highest BCUT2D eigenvalue weighted by Gasteiger charge is 2.18. The van der Waals surface area contributed by atoms with E-state index in [9.17, 15) is 13.5 Å². The van der Waals surface area contributed by atoms with Crippen molar-refractivity contribution in [1.29, 1.82) is 0 Å². The molecule has 1 heterocycles. The molecular weight excluding hydrogens is 308 g/mol. The van der Waals surface area contributed by atoms with Crippen LogP contribution >= 0.6 is 11.8 Å². The largest absolute Gasteiger partial charge is 0.390 e. The Morgan fingerprint density at radius 3 is 2.57 bits per heavy atom. The fraction of sp³-hybridized carbons (Fsp3) is 0.714. The Hall–Kier alpha value is -0.500. The Bertz CT molecular complexity index is 524. The molecule has 0 fully saturated rings. The summed E-state index contributed by atoms with van der Waals surface area (Å²) in [5.41, 5.74) is 0.616. The molecule has 0 bridgehead atoms. The van der Waals surface area contributed by atoms with Gasteiger partial charge in [-0.1, -0.05) is 6.42 Å². The van der Waals surface area contributed by atoms with Crippen LogP contribution in [0.4, 0.5) is 0 Å². The molecule has 0 atom stereocenters. The Balaban J connectivity index is 2.62. The highest BCUT2D eigenvalue weighted by molar-refractivity contribution is 7.98. The van der Waals surface area contributed by atoms with Crippen LogP contribution in [-0.2, 0) is 16.6 Å². The lowest BCUT2D eigenvalue weighted by Crippen LogP contribution is -2.24. The van der Waals surface area contributed by atoms with Crippen molar-refractivity contribution in [2.45, 2.75) is 50.7 Å². The Kier molecular flexibility index (Phi) is 7.79. The molecule has 0 aromatic carbocycles. The third-order valence-corrected chi connectivity index (χ3v) is 5.38. The summed E-state index contributed by atoms with van der Waals surface area (Å²) in [5.74, 6) is 1.11. The molecule has 0 radical (unpaired) electrons. The molecule has 21 heavy (non-hydrogen) atoms. The highest BCUT2D eigenvalue weighted by Crippen LogP contribution is 2.19. The van der Waals surface area contributed by atoms with Gasteiger partial charge in [-0.05, 0) is 44.8 Å². The van der Waals surface area contributed by atoms with Gasteiger partial charge in [0.2, 0.25) is 10.0 Å². The highest BCUT2D eigenvalue weighted by atomic mass is 32.2. The van der Waals surface area contributed by atoms with E-state index >= 15 is 0 Å². The van der Waals surface area contributed by atoms with Crippen molar-refractivity contribution < 1.29 is 13.5 Å². The van der Waals surface area contributed by atoms with Crippen LogP contribution in [0.5, 0.6) is 0 Å². The van der Waals surface area contributed by atoms with Gasteiger partial charge in [0, 0.05) is 24.5 Å². The monoisotopic (exact) mass is 334 g/mol. The van der Waals surface area contributed by atoms with Crippen molar-refractivity contribution in [2.24, 2.45) is 0 Å². The van der Waals surface area contributed by atoms with E-state index in [0.717, 1.165) is 25.0 Å². The number of sulfonamides is 1. The fourth-order valence-corrected chi connectivity index (χ4v) is 3.71. The van der Waals surface area contributed by atoms with Gasteiger partial charge in [-0.25, -0.2) is 13.1 Å². The molecule has 122 valence electrons. The van der Waals surface area contributed by atoms with Crippen molar-refractivity contribution in [3.63, 3.8) is 0 Å². The summed E-state index contributed by atoms with van der Waals surface area (Å²) in [6, 6.07) is 1.65. The molecule has 0 spiro atoms. The maximum absolute atomic E-state index is 12.2. The van der Waals surface area contributed by atoms with E-state index in [-0.39, 0.29) is 17.5 Å². The molecular formula is C14H26N2O3S2. The molecule has 1 aromatic rings. The minimum atomic E-state index is -3.49. The quantitative estimate of drug-likeness (QED) is 0.645. The lowest BCUT2D eigenvalue weighted by atomic mass is 10.2. The van der Waals surface area contributed by atoms with Gasteiger partial charge in [-0.3, -0.25) is 0 Å². The standard InChI is InChI=1S/C14H26N2O3S2/c1-12(2)16-10-14(9-13(16)11-17)21(18,19)15-7-5-4-6-8-20-3/h9-10,12,15,17H,4-8,11H2,1-3H3. The number of aliphatic hydroxyl groups is 1. The molecule has 0 unspecified atom stereocenters. The number of aliphatic hydroxyl groups excluding tert-OH is 1. The zero-order valence-electron chi connectivity index (χ0n) is 13.0. The first-order chi connectivity index (χ1) is 9.92. The number of nitrogens with zero attached hydrogens (tertiary/aromatic N) is 1. The summed E-state index contributed by atoms with van der Waals surface area (Å²) < 4.78 is 28.8. The van der Waals surface area contributed by atoms with Gasteiger partial charge in [0.15, 0.2) is 0 Å². The van der Waals surface area contributed by atoms with Crippen LogP contribution in [-0.4, -0.2) is 36.6 Å². The molecule has 0 aliphatic rings. The fourth-order valence-electron chi connectivity index (χ4n) is 2.09. The van der Waals surface area contributed by atoms with E-state index in [1.165, 1.54) is 6.07 Å². The minimum absolute atomic E-state index is 0.114. The topological polar surface area (TPSA) is 71.3 Å². The van der Waals surface area contributed by atoms with Gasteiger partial charge in [0.25, 0.3) is 0 Å². The van der Waals surface area contributed by atoms with Gasteiger partial charge in [0.05, 0.1) is 11.5 Å². The van der Waals surface area contributed by atoms with Crippen LogP contribution in [0.1, 0.15) is 44.8 Å². The van der Waals surface area contributed by atoms with E-state index in [0.29, 0.717) is 12.2 Å². The van der Waals surface area contributed by atoms with Crippen LogP contribution in [0.2, 0.25) is 0 Å². The van der Waals surface area contributed by atoms with Gasteiger partial charge in [0.1, 0.15) is 0 Å². The molecule has 1 rings (SSSR count). The average Bonchev–Trinajstić information content (AvgIpc) is 2.88. The number of hydrogen-bond donors (Lipinski definition) is 2. The molecule has 0 saturated heterocycles. The maximum Gasteiger partial charge on any atom is 0.242 e. The zero-order valence-corrected chi connectivity index (χ0v) is 14.6. The molecule has 0 aliphatic carbocycles. The summed E-state index contributed by atoms with van der Waals surface area (Å²) in [4.78, 5) is 0.226. The summed E-state index contributed by atoms with van der Waals surface area (Å²) in [5, 5.41) is 9.30. The van der Waals surface area contributed by atoms with Crippen molar-refractivity contribution in [1.82, 2.24) is 9.29 Å². The lowest BCUT2D eigenvalue weighted by molar-refractivity contribution is 0.268. The molecule has 1 aromatic heterocycles. The Morgan fingerprint density at radius 1 is 1.33 bits per heavy atom. The number of hydrogen-bond acceptors (Lipinski definition) is 4. The smallest absolute Gasteiger partial charge is 0.242 e. The molecule has 0 aliphatic heterocycles. The second-order valence-corrected chi connectivity index (χ2v) is 8.03. The van der Waals surface area contributed by atoms with Crippen LogP contribution in [0, 0.1) is 0 Å². The van der Waals surface area contributed by atoms with Crippen molar-refractivity contribution >= 4 is 21.8 Å². The van der Waals surface area contributed by atoms with Crippen LogP contribution < -0.4 is 4.72 Å². The third-order valence-electron chi connectivity index (χ3n) is 3.25. The Morgan fingerprint density at radius 2 is 2.05 bits per heavy atom. The number of nitrogens with one attached hydrogen (secondary N) is 1. The molecule has 0 saturated carbocycles. The van der Waals surface area contributed by atoms with Gasteiger partial charge < -0.3 is 9.67 Å². The third kappa shape index (κ3) is 5.65. The number of aromatic nitrogens is 1. The molecule has 5 nitrogen and oxygen atoms in total. The first-order valence-electron chi connectivity index (χ1n) is 7.22. The normalized spacial score (nSPS) is 12.2. The Labute approximate surface area is 132 Å². The number of unbranched alkanes of at least 4 members (excludes halogenated alkanes) is 2. The summed E-state index contributed by atoms with van der Waals surface area (Å²) in [6.45, 7) is 4.20. The molecule has 0 amide bonds. The summed E-state index contributed by atoms with van der Waals surface area (Å²) in [6.07, 6.45) is 6.64. The predicted octanol–water partition coefficient (Wildman–Crippen LogP) is 2.37. The lowest BCUT2D eigenvalue weighted by Gasteiger charge is -2.10. The van der Waals surface area contributed by atoms with E-state index in [2.05, 4.69) is 11.0 Å². The van der Waals surface area contributed by atoms with Crippen molar-refractivity contribution in [3.05, 3.63) is 18.0 Å². The minimum Gasteiger partial charge on any atom is -0.390 e. The molecule has 7 heteroatoms. The van der Waals surface area contributed by atoms with Crippen LogP contribution in [0.3, 0.4) is 0 Å². The van der Waals surface area contributed by atoms with E-state index in [1.807, 2.05) is 13.8 Å². The SMILES string of the molecule is CSCCCCCNS(=O)(=O)c1cc(CO)n(C(C)C)c1. The second kappa shape index (κ2) is 8.82. The average molecular weight is 335 g/mol. The summed E-state index contributed by atoms with van der Waals surface area (Å²) in [7, 11) is -3.49. The van der Waals surface area contributed by atoms with Crippen LogP contribution in [0.15, 0.2) is 17.2 Å². The van der Waals surface area contributed by atoms with E-state index in [4.69, 9.17) is 0 Å². The summed E-state index contributed by atoms with van der Waals surface area (Å²) >= 11 is 1.81. The number of thioether (sulfide) groups is 1. The molecule has 2 N–H and O–H groups in total. The van der Waals surface area contributed by atoms with E-state index < -0.39 is 10.0 Å². The van der Waals surface area contributed by atoms with E-state index in [1.54, 1.807) is 22.5 Å². The predicted molar refractivity (Wildman–Crippen MR) is 88.2 cm³/mol. The second-order valence-electron chi connectivity index (χ2n) is 5.28. The van der Waals surface area contributed by atoms with Gasteiger partial charge >= 0.3 is 0 Å². The first kappa shape index (κ1) is 18.5. The van der Waals surface area contributed by atoms with Crippen LogP contribution in [0.25, 0.3) is 0 Å². The van der Waals surface area contributed by atoms with Crippen molar-refractivity contribution in [3.8, 4) is 0 Å².